The number of rotatable bonds is 0. The van der Waals surface area contributed by atoms with Crippen molar-refractivity contribution in [2.45, 2.75) is 13.5 Å². The van der Waals surface area contributed by atoms with Crippen molar-refractivity contribution in [3.05, 3.63) is 41.0 Å². The molecule has 3 heterocycles. The van der Waals surface area contributed by atoms with Crippen molar-refractivity contribution in [2.24, 2.45) is 0 Å². The van der Waals surface area contributed by atoms with Crippen molar-refractivity contribution in [3.63, 3.8) is 0 Å². The fourth-order valence-electron chi connectivity index (χ4n) is 2.35. The number of imidazole rings is 1. The molecular formula is C13H10N2OS. The van der Waals surface area contributed by atoms with Gasteiger partial charge in [0.05, 0.1) is 5.69 Å². The number of ether oxygens (including phenoxy) is 1. The van der Waals surface area contributed by atoms with Crippen LogP contribution < -0.4 is 4.74 Å². The zero-order valence-corrected chi connectivity index (χ0v) is 10.1. The molecule has 0 saturated carbocycles. The van der Waals surface area contributed by atoms with Gasteiger partial charge in [-0.15, -0.1) is 11.3 Å². The first-order valence-electron chi connectivity index (χ1n) is 5.52. The number of nitrogens with zero attached hydrogens (tertiary/aromatic N) is 2. The molecule has 0 unspecified atom stereocenters. The third kappa shape index (κ3) is 1.13. The second kappa shape index (κ2) is 3.11. The Hall–Kier alpha value is -1.81. The molecule has 1 aliphatic rings. The normalized spacial score (nSPS) is 13.2. The van der Waals surface area contributed by atoms with Gasteiger partial charge in [0.25, 0.3) is 0 Å². The summed E-state index contributed by atoms with van der Waals surface area (Å²) in [5.41, 5.74) is 4.56. The lowest BCUT2D eigenvalue weighted by Crippen LogP contribution is -2.07. The largest absolute Gasteiger partial charge is 0.487 e. The smallest absolute Gasteiger partial charge is 0.194 e. The van der Waals surface area contributed by atoms with Gasteiger partial charge in [0.1, 0.15) is 18.1 Å². The molecule has 0 N–H and O–H groups in total. The Labute approximate surface area is 102 Å². The first-order chi connectivity index (χ1) is 8.34. The van der Waals surface area contributed by atoms with Crippen molar-refractivity contribution in [1.82, 2.24) is 9.38 Å². The molecule has 0 fully saturated rings. The lowest BCUT2D eigenvalue weighted by atomic mass is 10.1. The van der Waals surface area contributed by atoms with Gasteiger partial charge >= 0.3 is 0 Å². The van der Waals surface area contributed by atoms with Crippen LogP contribution in [0.3, 0.4) is 0 Å². The van der Waals surface area contributed by atoms with Crippen LogP contribution in [0.25, 0.3) is 16.2 Å². The Morgan fingerprint density at radius 3 is 3.18 bits per heavy atom. The second-order valence-electron chi connectivity index (χ2n) is 4.19. The van der Waals surface area contributed by atoms with Crippen LogP contribution in [0.5, 0.6) is 5.75 Å². The molecule has 4 rings (SSSR count). The fourth-order valence-corrected chi connectivity index (χ4v) is 3.23. The van der Waals surface area contributed by atoms with Gasteiger partial charge in [-0.2, -0.15) is 0 Å². The van der Waals surface area contributed by atoms with E-state index < -0.39 is 0 Å². The van der Waals surface area contributed by atoms with E-state index in [2.05, 4.69) is 22.8 Å². The SMILES string of the molecule is Cc1csc2nc3c(n12)COc1ccccc1-3. The molecule has 0 bridgehead atoms. The van der Waals surface area contributed by atoms with Gasteiger partial charge in [0, 0.05) is 16.6 Å². The highest BCUT2D eigenvalue weighted by atomic mass is 32.1. The molecule has 0 atom stereocenters. The summed E-state index contributed by atoms with van der Waals surface area (Å²) >= 11 is 1.68. The maximum Gasteiger partial charge on any atom is 0.194 e. The molecular weight excluding hydrogens is 232 g/mol. The average molecular weight is 242 g/mol. The second-order valence-corrected chi connectivity index (χ2v) is 5.02. The molecule has 0 saturated heterocycles. The zero-order valence-electron chi connectivity index (χ0n) is 9.30. The van der Waals surface area contributed by atoms with Gasteiger partial charge in [-0.25, -0.2) is 4.98 Å². The summed E-state index contributed by atoms with van der Waals surface area (Å²) in [5, 5.41) is 2.13. The van der Waals surface area contributed by atoms with Gasteiger partial charge in [-0.3, -0.25) is 4.40 Å². The molecule has 4 heteroatoms. The molecule has 0 amide bonds. The number of para-hydroxylation sites is 1. The van der Waals surface area contributed by atoms with E-state index in [1.165, 1.54) is 5.69 Å². The van der Waals surface area contributed by atoms with Gasteiger partial charge in [0.15, 0.2) is 4.96 Å². The minimum Gasteiger partial charge on any atom is -0.487 e. The highest BCUT2D eigenvalue weighted by Crippen LogP contribution is 2.38. The molecule has 0 radical (unpaired) electrons. The average Bonchev–Trinajstić information content (AvgIpc) is 2.90. The minimum atomic E-state index is 0.602. The first-order valence-corrected chi connectivity index (χ1v) is 6.40. The van der Waals surface area contributed by atoms with Crippen LogP contribution in [-0.4, -0.2) is 9.38 Å². The van der Waals surface area contributed by atoms with Gasteiger partial charge < -0.3 is 4.74 Å². The van der Waals surface area contributed by atoms with Crippen LogP contribution in [0.4, 0.5) is 0 Å². The van der Waals surface area contributed by atoms with E-state index >= 15 is 0 Å². The van der Waals surface area contributed by atoms with Crippen molar-refractivity contribution < 1.29 is 4.74 Å². The highest BCUT2D eigenvalue weighted by molar-refractivity contribution is 7.15. The van der Waals surface area contributed by atoms with E-state index in [0.29, 0.717) is 6.61 Å². The lowest BCUT2D eigenvalue weighted by molar-refractivity contribution is 0.296. The van der Waals surface area contributed by atoms with E-state index in [4.69, 9.17) is 9.72 Å². The molecule has 2 aromatic heterocycles. The predicted octanol–water partition coefficient (Wildman–Crippen LogP) is 3.26. The summed E-state index contributed by atoms with van der Waals surface area (Å²) in [5.74, 6) is 0.934. The number of fused-ring (bicyclic) bond motifs is 5. The Morgan fingerprint density at radius 2 is 2.24 bits per heavy atom. The molecule has 17 heavy (non-hydrogen) atoms. The summed E-state index contributed by atoms with van der Waals surface area (Å²) in [6, 6.07) is 8.09. The van der Waals surface area contributed by atoms with Gasteiger partial charge in [-0.05, 0) is 19.1 Å². The summed E-state index contributed by atoms with van der Waals surface area (Å²) in [7, 11) is 0. The first kappa shape index (κ1) is 9.24. The topological polar surface area (TPSA) is 26.5 Å². The van der Waals surface area contributed by atoms with Crippen LogP contribution in [-0.2, 0) is 6.61 Å². The number of thiazole rings is 1. The quantitative estimate of drug-likeness (QED) is 0.605. The summed E-state index contributed by atoms with van der Waals surface area (Å²) in [6.45, 7) is 2.71. The Morgan fingerprint density at radius 1 is 1.35 bits per heavy atom. The van der Waals surface area contributed by atoms with Crippen LogP contribution >= 0.6 is 11.3 Å². The maximum absolute atomic E-state index is 5.78. The van der Waals surface area contributed by atoms with E-state index in [9.17, 15) is 0 Å². The highest BCUT2D eigenvalue weighted by Gasteiger charge is 2.23. The summed E-state index contributed by atoms with van der Waals surface area (Å²) in [6.07, 6.45) is 0. The van der Waals surface area contributed by atoms with Gasteiger partial charge in [-0.1, -0.05) is 12.1 Å². The van der Waals surface area contributed by atoms with Crippen LogP contribution in [0.1, 0.15) is 11.4 Å². The minimum absolute atomic E-state index is 0.602. The molecule has 3 nitrogen and oxygen atoms in total. The molecule has 3 aromatic rings. The number of aryl methyl sites for hydroxylation is 1. The standard InChI is InChI=1S/C13H10N2OS/c1-8-7-17-13-14-12-9-4-2-3-5-11(9)16-6-10(12)15(8)13/h2-5,7H,6H2,1H3. The number of hydrogen-bond donors (Lipinski definition) is 0. The molecule has 84 valence electrons. The number of aromatic nitrogens is 2. The summed E-state index contributed by atoms with van der Waals surface area (Å²) < 4.78 is 7.97. The van der Waals surface area contributed by atoms with E-state index in [-0.39, 0.29) is 0 Å². The monoisotopic (exact) mass is 242 g/mol. The van der Waals surface area contributed by atoms with Crippen molar-refractivity contribution in [3.8, 4) is 17.0 Å². The third-order valence-corrected chi connectivity index (χ3v) is 4.08. The van der Waals surface area contributed by atoms with Crippen LogP contribution in [0.2, 0.25) is 0 Å². The molecule has 1 aromatic carbocycles. The summed E-state index contributed by atoms with van der Waals surface area (Å²) in [4.78, 5) is 5.77. The fraction of sp³-hybridized carbons (Fsp3) is 0.154. The Kier molecular flexibility index (Phi) is 1.69. The predicted molar refractivity (Wildman–Crippen MR) is 67.6 cm³/mol. The van der Waals surface area contributed by atoms with Crippen LogP contribution in [0.15, 0.2) is 29.6 Å². The molecule has 1 aliphatic heterocycles. The van der Waals surface area contributed by atoms with Crippen molar-refractivity contribution >= 4 is 16.3 Å². The number of hydrogen-bond acceptors (Lipinski definition) is 3. The van der Waals surface area contributed by atoms with Gasteiger partial charge in [0.2, 0.25) is 0 Å². The van der Waals surface area contributed by atoms with Crippen LogP contribution in [0, 0.1) is 6.92 Å². The van der Waals surface area contributed by atoms with Crippen molar-refractivity contribution in [1.29, 1.82) is 0 Å². The van der Waals surface area contributed by atoms with Crippen molar-refractivity contribution in [2.75, 3.05) is 0 Å². The zero-order chi connectivity index (χ0) is 11.4. The van der Waals surface area contributed by atoms with E-state index in [1.807, 2.05) is 18.2 Å². The Bertz CT molecular complexity index is 726. The van der Waals surface area contributed by atoms with E-state index in [0.717, 1.165) is 27.7 Å². The lowest BCUT2D eigenvalue weighted by Gasteiger charge is -2.16. The molecule has 0 spiro atoms. The maximum atomic E-state index is 5.78. The third-order valence-electron chi connectivity index (χ3n) is 3.14. The Balaban J connectivity index is 2.11. The molecule has 0 aliphatic carbocycles. The number of benzene rings is 1. The van der Waals surface area contributed by atoms with E-state index in [1.54, 1.807) is 11.3 Å².